The van der Waals surface area contributed by atoms with Gasteiger partial charge in [0.15, 0.2) is 0 Å². The molecular weight excluding hydrogens is 532 g/mol. The van der Waals surface area contributed by atoms with E-state index in [1.165, 1.54) is 54.6 Å². The van der Waals surface area contributed by atoms with Gasteiger partial charge in [-0.1, -0.05) is 60.7 Å². The second kappa shape index (κ2) is 10.2. The van der Waals surface area contributed by atoms with Crippen LogP contribution in [0.3, 0.4) is 0 Å². The Morgan fingerprint density at radius 3 is 2.28 bits per heavy atom. The van der Waals surface area contributed by atoms with E-state index in [1.54, 1.807) is 30.3 Å². The van der Waals surface area contributed by atoms with Crippen molar-refractivity contribution in [2.75, 3.05) is 4.31 Å². The molecule has 0 unspecified atom stereocenters. The fraction of sp³-hybridized carbons (Fsp3) is 0.138. The molecule has 0 spiro atoms. The van der Waals surface area contributed by atoms with Crippen LogP contribution < -0.4 is 9.62 Å². The van der Waals surface area contributed by atoms with Crippen LogP contribution in [0.15, 0.2) is 102 Å². The number of anilines is 1. The largest absolute Gasteiger partial charge is 0.416 e. The van der Waals surface area contributed by atoms with Gasteiger partial charge < -0.3 is 5.32 Å². The molecule has 0 aliphatic carbocycles. The van der Waals surface area contributed by atoms with E-state index in [2.05, 4.69) is 5.32 Å². The van der Waals surface area contributed by atoms with Gasteiger partial charge in [0.05, 0.1) is 16.1 Å². The SMILES string of the molecule is O=C(NCc1ccccc1F)[C@@H]1Cc2ccccc2N1S(=O)(=O)c1ccc(-c2cccc(C(F)(F)F)c2)cc1. The molecule has 39 heavy (non-hydrogen) atoms. The van der Waals surface area contributed by atoms with Crippen LogP contribution in [0.1, 0.15) is 16.7 Å². The third-order valence-electron chi connectivity index (χ3n) is 6.57. The lowest BCUT2D eigenvalue weighted by Gasteiger charge is -2.26. The first-order valence-corrected chi connectivity index (χ1v) is 13.4. The van der Waals surface area contributed by atoms with Gasteiger partial charge in [0.1, 0.15) is 11.9 Å². The van der Waals surface area contributed by atoms with Crippen molar-refractivity contribution in [3.8, 4) is 11.1 Å². The first-order chi connectivity index (χ1) is 18.6. The summed E-state index contributed by atoms with van der Waals surface area (Å²) in [4.78, 5) is 13.1. The second-order valence-electron chi connectivity index (χ2n) is 9.06. The molecule has 0 aromatic heterocycles. The predicted octanol–water partition coefficient (Wildman–Crippen LogP) is 5.95. The van der Waals surface area contributed by atoms with E-state index in [-0.39, 0.29) is 29.0 Å². The van der Waals surface area contributed by atoms with E-state index in [1.807, 2.05) is 0 Å². The lowest BCUT2D eigenvalue weighted by molar-refractivity contribution is -0.137. The molecule has 0 saturated heterocycles. The number of hydrogen-bond acceptors (Lipinski definition) is 3. The van der Waals surface area contributed by atoms with E-state index in [9.17, 15) is 30.8 Å². The van der Waals surface area contributed by atoms with Gasteiger partial charge in [-0.3, -0.25) is 9.10 Å². The van der Waals surface area contributed by atoms with Crippen molar-refractivity contribution in [1.82, 2.24) is 5.32 Å². The van der Waals surface area contributed by atoms with Crippen molar-refractivity contribution in [3.63, 3.8) is 0 Å². The summed E-state index contributed by atoms with van der Waals surface area (Å²) in [6, 6.07) is 21.8. The van der Waals surface area contributed by atoms with Crippen LogP contribution >= 0.6 is 0 Å². The Morgan fingerprint density at radius 2 is 1.56 bits per heavy atom. The maximum absolute atomic E-state index is 14.0. The van der Waals surface area contributed by atoms with Gasteiger partial charge in [0, 0.05) is 18.5 Å². The zero-order chi connectivity index (χ0) is 27.8. The number of alkyl halides is 3. The molecule has 1 aliphatic rings. The van der Waals surface area contributed by atoms with Crippen LogP contribution in [0.4, 0.5) is 23.2 Å². The van der Waals surface area contributed by atoms with Gasteiger partial charge in [-0.25, -0.2) is 12.8 Å². The van der Waals surface area contributed by atoms with Gasteiger partial charge in [0.2, 0.25) is 5.91 Å². The minimum absolute atomic E-state index is 0.113. The molecule has 1 atom stereocenters. The first-order valence-electron chi connectivity index (χ1n) is 12.0. The number of benzene rings is 4. The van der Waals surface area contributed by atoms with Gasteiger partial charge in [-0.15, -0.1) is 0 Å². The zero-order valence-corrected chi connectivity index (χ0v) is 21.1. The van der Waals surface area contributed by atoms with Gasteiger partial charge in [-0.2, -0.15) is 13.2 Å². The van der Waals surface area contributed by atoms with Crippen LogP contribution in [0.5, 0.6) is 0 Å². The minimum Gasteiger partial charge on any atom is -0.350 e. The molecule has 1 heterocycles. The summed E-state index contributed by atoms with van der Waals surface area (Å²) in [7, 11) is -4.25. The summed E-state index contributed by atoms with van der Waals surface area (Å²) in [5.41, 5.74) is 1.15. The molecule has 5 nitrogen and oxygen atoms in total. The van der Waals surface area contributed by atoms with E-state index >= 15 is 0 Å². The van der Waals surface area contributed by atoms with Crippen molar-refractivity contribution in [3.05, 3.63) is 120 Å². The van der Waals surface area contributed by atoms with Crippen molar-refractivity contribution in [2.45, 2.75) is 30.1 Å². The number of carbonyl (C=O) groups is 1. The van der Waals surface area contributed by atoms with E-state index in [0.29, 0.717) is 16.8 Å². The van der Waals surface area contributed by atoms with Gasteiger partial charge >= 0.3 is 6.18 Å². The Hall–Kier alpha value is -4.18. The lowest BCUT2D eigenvalue weighted by Crippen LogP contribution is -2.47. The number of hydrogen-bond donors (Lipinski definition) is 1. The number of para-hydroxylation sites is 1. The number of amides is 1. The molecular formula is C29H22F4N2O3S. The monoisotopic (exact) mass is 554 g/mol. The van der Waals surface area contributed by atoms with Crippen LogP contribution in [-0.4, -0.2) is 20.4 Å². The standard InChI is InChI=1S/C29H22F4N2O3S/c30-25-10-3-1-7-22(25)18-34-28(36)27-17-21-6-2-4-11-26(21)35(27)39(37,38)24-14-12-19(13-15-24)20-8-5-9-23(16-20)29(31,32)33/h1-16,27H,17-18H2,(H,34,36)/t27-/m0/s1. The van der Waals surface area contributed by atoms with E-state index in [0.717, 1.165) is 16.4 Å². The molecule has 0 bridgehead atoms. The third-order valence-corrected chi connectivity index (χ3v) is 8.41. The highest BCUT2D eigenvalue weighted by Crippen LogP contribution is 2.38. The number of rotatable bonds is 6. The summed E-state index contributed by atoms with van der Waals surface area (Å²) < 4.78 is 82.1. The Kier molecular flexibility index (Phi) is 6.90. The topological polar surface area (TPSA) is 66.5 Å². The summed E-state index contributed by atoms with van der Waals surface area (Å²) in [5, 5.41) is 2.64. The third kappa shape index (κ3) is 5.24. The number of nitrogens with one attached hydrogen (secondary N) is 1. The van der Waals surface area contributed by atoms with Crippen LogP contribution in [0, 0.1) is 5.82 Å². The molecule has 10 heteroatoms. The number of halogens is 4. The molecule has 200 valence electrons. The molecule has 0 fully saturated rings. The molecule has 1 amide bonds. The number of sulfonamides is 1. The van der Waals surface area contributed by atoms with Gasteiger partial charge in [-0.05, 0) is 53.1 Å². The Labute approximate surface area is 222 Å². The minimum atomic E-state index is -4.51. The van der Waals surface area contributed by atoms with Crippen LogP contribution in [0.2, 0.25) is 0 Å². The molecule has 1 N–H and O–H groups in total. The smallest absolute Gasteiger partial charge is 0.350 e. The molecule has 5 rings (SSSR count). The normalized spacial score (nSPS) is 15.2. The Balaban J connectivity index is 1.44. The summed E-state index contributed by atoms with van der Waals surface area (Å²) in [6.07, 6.45) is -4.38. The molecule has 4 aromatic rings. The average Bonchev–Trinajstić information content (AvgIpc) is 3.33. The Morgan fingerprint density at radius 1 is 0.872 bits per heavy atom. The van der Waals surface area contributed by atoms with Crippen molar-refractivity contribution >= 4 is 21.6 Å². The quantitative estimate of drug-likeness (QED) is 0.300. The van der Waals surface area contributed by atoms with Gasteiger partial charge in [0.25, 0.3) is 10.0 Å². The first kappa shape index (κ1) is 26.4. The molecule has 4 aromatic carbocycles. The summed E-state index contributed by atoms with van der Waals surface area (Å²) >= 11 is 0. The predicted molar refractivity (Wildman–Crippen MR) is 139 cm³/mol. The maximum Gasteiger partial charge on any atom is 0.416 e. The average molecular weight is 555 g/mol. The van der Waals surface area contributed by atoms with Crippen molar-refractivity contribution < 1.29 is 30.8 Å². The number of nitrogens with zero attached hydrogens (tertiary/aromatic N) is 1. The fourth-order valence-electron chi connectivity index (χ4n) is 4.60. The zero-order valence-electron chi connectivity index (χ0n) is 20.3. The van der Waals surface area contributed by atoms with Crippen molar-refractivity contribution in [1.29, 1.82) is 0 Å². The van der Waals surface area contributed by atoms with Crippen LogP contribution in [-0.2, 0) is 34.0 Å². The van der Waals surface area contributed by atoms with Crippen LogP contribution in [0.25, 0.3) is 11.1 Å². The van der Waals surface area contributed by atoms with E-state index < -0.39 is 39.5 Å². The molecule has 1 aliphatic heterocycles. The fourth-order valence-corrected chi connectivity index (χ4v) is 6.25. The highest BCUT2D eigenvalue weighted by Gasteiger charge is 2.42. The highest BCUT2D eigenvalue weighted by molar-refractivity contribution is 7.93. The summed E-state index contributed by atoms with van der Waals surface area (Å²) in [6.45, 7) is -0.113. The second-order valence-corrected chi connectivity index (χ2v) is 10.9. The number of fused-ring (bicyclic) bond motifs is 1. The summed E-state index contributed by atoms with van der Waals surface area (Å²) in [5.74, 6) is -1.07. The number of carbonyl (C=O) groups excluding carboxylic acids is 1. The lowest BCUT2D eigenvalue weighted by atomic mass is 10.0. The molecule has 0 radical (unpaired) electrons. The maximum atomic E-state index is 14.0. The Bertz CT molecular complexity index is 1640. The van der Waals surface area contributed by atoms with E-state index in [4.69, 9.17) is 0 Å². The molecule has 0 saturated carbocycles. The van der Waals surface area contributed by atoms with Crippen molar-refractivity contribution in [2.24, 2.45) is 0 Å². The highest BCUT2D eigenvalue weighted by atomic mass is 32.2.